The second kappa shape index (κ2) is 8.10. The molecule has 1 aromatic carbocycles. The molecule has 0 bridgehead atoms. The fourth-order valence-electron chi connectivity index (χ4n) is 3.12. The lowest BCUT2D eigenvalue weighted by Crippen LogP contribution is -2.35. The minimum Gasteiger partial charge on any atom is -0.401 e. The number of hydrogen-bond donors (Lipinski definition) is 1. The highest BCUT2D eigenvalue weighted by molar-refractivity contribution is 5.74. The summed E-state index contributed by atoms with van der Waals surface area (Å²) < 4.78 is 6.71. The van der Waals surface area contributed by atoms with Gasteiger partial charge in [-0.3, -0.25) is 14.2 Å². The van der Waals surface area contributed by atoms with Gasteiger partial charge < -0.3 is 10.1 Å². The summed E-state index contributed by atoms with van der Waals surface area (Å²) in [5, 5.41) is 3.19. The number of carbonyl (C=O) groups excluding carboxylic acids is 1. The summed E-state index contributed by atoms with van der Waals surface area (Å²) in [5.41, 5.74) is 0.990. The van der Waals surface area contributed by atoms with Crippen molar-refractivity contribution < 1.29 is 9.53 Å². The van der Waals surface area contributed by atoms with Gasteiger partial charge >= 0.3 is 11.5 Å². The molecule has 1 aliphatic rings. The highest BCUT2D eigenvalue weighted by Gasteiger charge is 2.24. The topological polar surface area (TPSA) is 99.0 Å². The minimum absolute atomic E-state index is 0.207. The number of hydrogen-bond acceptors (Lipinski definition) is 7. The van der Waals surface area contributed by atoms with Crippen LogP contribution in [0.2, 0.25) is 0 Å². The lowest BCUT2D eigenvalue weighted by atomic mass is 9.99. The van der Waals surface area contributed by atoms with Crippen molar-refractivity contribution in [3.05, 3.63) is 65.5 Å². The van der Waals surface area contributed by atoms with Crippen molar-refractivity contribution in [2.45, 2.75) is 12.8 Å². The van der Waals surface area contributed by atoms with E-state index in [0.717, 1.165) is 18.7 Å². The molecule has 0 aliphatic carbocycles. The zero-order valence-corrected chi connectivity index (χ0v) is 15.1. The zero-order chi connectivity index (χ0) is 19.3. The van der Waals surface area contributed by atoms with Crippen molar-refractivity contribution in [3.63, 3.8) is 0 Å². The molecule has 0 saturated carbocycles. The molecule has 0 spiro atoms. The Kier molecular flexibility index (Phi) is 5.20. The summed E-state index contributed by atoms with van der Waals surface area (Å²) in [6, 6.07) is 8.98. The first-order valence-corrected chi connectivity index (χ1v) is 9.10. The van der Waals surface area contributed by atoms with Crippen molar-refractivity contribution >= 4 is 5.97 Å². The predicted octanol–water partition coefficient (Wildman–Crippen LogP) is 1.59. The third-order valence-corrected chi connectivity index (χ3v) is 4.65. The number of nitrogens with one attached hydrogen (secondary N) is 1. The molecule has 1 fully saturated rings. The van der Waals surface area contributed by atoms with E-state index >= 15 is 0 Å². The van der Waals surface area contributed by atoms with Crippen molar-refractivity contribution in [3.8, 4) is 23.0 Å². The van der Waals surface area contributed by atoms with Crippen molar-refractivity contribution in [1.29, 1.82) is 0 Å². The summed E-state index contributed by atoms with van der Waals surface area (Å²) in [6.45, 7) is 1.54. The van der Waals surface area contributed by atoms with E-state index in [2.05, 4.69) is 20.3 Å². The minimum atomic E-state index is -0.478. The predicted molar refractivity (Wildman–Crippen MR) is 102 cm³/mol. The Balaban J connectivity index is 1.56. The van der Waals surface area contributed by atoms with Gasteiger partial charge in [-0.25, -0.2) is 15.0 Å². The molecule has 1 saturated heterocycles. The number of benzene rings is 1. The number of aromatic nitrogens is 4. The molecular weight excluding hydrogens is 358 g/mol. The second-order valence-electron chi connectivity index (χ2n) is 6.47. The summed E-state index contributed by atoms with van der Waals surface area (Å²) in [7, 11) is 0. The lowest BCUT2D eigenvalue weighted by Gasteiger charge is -2.20. The van der Waals surface area contributed by atoms with Gasteiger partial charge in [-0.05, 0) is 56.3 Å². The average Bonchev–Trinajstić information content (AvgIpc) is 2.76. The lowest BCUT2D eigenvalue weighted by molar-refractivity contribution is -0.140. The number of ether oxygens (including phenoxy) is 1. The van der Waals surface area contributed by atoms with Gasteiger partial charge in [-0.1, -0.05) is 0 Å². The molecule has 3 heterocycles. The highest BCUT2D eigenvalue weighted by atomic mass is 16.5. The maximum Gasteiger partial charge on any atom is 0.318 e. The van der Waals surface area contributed by atoms with Crippen LogP contribution in [0.5, 0.6) is 5.88 Å². The van der Waals surface area contributed by atoms with E-state index in [1.165, 1.54) is 17.0 Å². The quantitative estimate of drug-likeness (QED) is 0.689. The maximum atomic E-state index is 12.7. The zero-order valence-electron chi connectivity index (χ0n) is 15.1. The Hall–Kier alpha value is -3.39. The molecule has 0 radical (unpaired) electrons. The number of piperidine rings is 1. The third kappa shape index (κ3) is 3.81. The molecule has 0 amide bonds. The van der Waals surface area contributed by atoms with Crippen LogP contribution in [0.1, 0.15) is 12.8 Å². The molecule has 142 valence electrons. The van der Waals surface area contributed by atoms with Gasteiger partial charge in [-0.15, -0.1) is 0 Å². The number of esters is 1. The molecule has 1 aliphatic heterocycles. The molecule has 3 aromatic rings. The second-order valence-corrected chi connectivity index (χ2v) is 6.47. The molecular formula is C20H19N5O3. The van der Waals surface area contributed by atoms with E-state index in [9.17, 15) is 9.59 Å². The van der Waals surface area contributed by atoms with Crippen LogP contribution in [0.4, 0.5) is 0 Å². The molecule has 2 aromatic heterocycles. The Labute approximate surface area is 161 Å². The van der Waals surface area contributed by atoms with Crippen LogP contribution in [-0.4, -0.2) is 38.6 Å². The molecule has 4 rings (SSSR count). The summed E-state index contributed by atoms with van der Waals surface area (Å²) in [5.74, 6) is -0.212. The SMILES string of the molecule is O=C(Oc1nccn(-c2ccc(-c3ncccn3)cc2)c1=O)C1CCNCC1. The van der Waals surface area contributed by atoms with Gasteiger partial charge in [0.05, 0.1) is 5.92 Å². The van der Waals surface area contributed by atoms with Gasteiger partial charge in [0.25, 0.3) is 5.88 Å². The van der Waals surface area contributed by atoms with Crippen molar-refractivity contribution in [1.82, 2.24) is 24.8 Å². The Morgan fingerprint density at radius 3 is 2.46 bits per heavy atom. The molecule has 0 atom stereocenters. The van der Waals surface area contributed by atoms with Crippen molar-refractivity contribution in [2.24, 2.45) is 5.92 Å². The van der Waals surface area contributed by atoms with E-state index < -0.39 is 11.5 Å². The van der Waals surface area contributed by atoms with Crippen molar-refractivity contribution in [2.75, 3.05) is 13.1 Å². The molecule has 8 heteroatoms. The summed E-state index contributed by atoms with van der Waals surface area (Å²) >= 11 is 0. The number of carbonyl (C=O) groups is 1. The maximum absolute atomic E-state index is 12.7. The van der Waals surface area contributed by atoms with Crippen LogP contribution in [-0.2, 0) is 4.79 Å². The van der Waals surface area contributed by atoms with E-state index in [-0.39, 0.29) is 11.8 Å². The van der Waals surface area contributed by atoms with E-state index in [1.54, 1.807) is 30.6 Å². The van der Waals surface area contributed by atoms with Gasteiger partial charge in [0.1, 0.15) is 0 Å². The summed E-state index contributed by atoms with van der Waals surface area (Å²) in [6.07, 6.45) is 7.73. The molecule has 28 heavy (non-hydrogen) atoms. The molecule has 0 unspecified atom stereocenters. The van der Waals surface area contributed by atoms with Gasteiger partial charge in [-0.2, -0.15) is 0 Å². The summed E-state index contributed by atoms with van der Waals surface area (Å²) in [4.78, 5) is 37.4. The Morgan fingerprint density at radius 1 is 1.04 bits per heavy atom. The average molecular weight is 377 g/mol. The number of rotatable bonds is 4. The van der Waals surface area contributed by atoms with E-state index in [1.807, 2.05) is 12.1 Å². The van der Waals surface area contributed by atoms with Crippen LogP contribution in [0.25, 0.3) is 17.1 Å². The van der Waals surface area contributed by atoms with Gasteiger partial charge in [0.15, 0.2) is 5.82 Å². The van der Waals surface area contributed by atoms with Crippen LogP contribution in [0, 0.1) is 5.92 Å². The molecule has 8 nitrogen and oxygen atoms in total. The first-order chi connectivity index (χ1) is 13.7. The standard InChI is InChI=1S/C20H19N5O3/c26-19-18(28-20(27)15-6-10-21-11-7-15)24-12-13-25(19)16-4-2-14(3-5-16)17-22-8-1-9-23-17/h1-5,8-9,12-13,15,21H,6-7,10-11H2. The van der Waals surface area contributed by atoms with Crippen LogP contribution in [0.15, 0.2) is 59.9 Å². The number of nitrogens with zero attached hydrogens (tertiary/aromatic N) is 4. The Morgan fingerprint density at radius 2 is 1.75 bits per heavy atom. The fourth-order valence-corrected chi connectivity index (χ4v) is 3.12. The van der Waals surface area contributed by atoms with Crippen LogP contribution < -0.4 is 15.6 Å². The van der Waals surface area contributed by atoms with E-state index in [4.69, 9.17) is 4.74 Å². The highest BCUT2D eigenvalue weighted by Crippen LogP contribution is 2.17. The third-order valence-electron chi connectivity index (χ3n) is 4.65. The normalized spacial score (nSPS) is 14.6. The van der Waals surface area contributed by atoms with Crippen LogP contribution in [0.3, 0.4) is 0 Å². The first-order valence-electron chi connectivity index (χ1n) is 9.10. The Bertz CT molecular complexity index is 1010. The van der Waals surface area contributed by atoms with E-state index in [0.29, 0.717) is 24.4 Å². The molecule has 1 N–H and O–H groups in total. The van der Waals surface area contributed by atoms with Crippen LogP contribution >= 0.6 is 0 Å². The van der Waals surface area contributed by atoms with Gasteiger partial charge in [0, 0.05) is 36.0 Å². The smallest absolute Gasteiger partial charge is 0.318 e. The largest absolute Gasteiger partial charge is 0.401 e. The fraction of sp³-hybridized carbons (Fsp3) is 0.250. The van der Waals surface area contributed by atoms with Gasteiger partial charge in [0.2, 0.25) is 0 Å². The monoisotopic (exact) mass is 377 g/mol. The first kappa shape index (κ1) is 18.0.